The lowest BCUT2D eigenvalue weighted by atomic mass is 9.83. The number of rotatable bonds is 3. The molecule has 0 saturated carbocycles. The van der Waals surface area contributed by atoms with Gasteiger partial charge in [0.1, 0.15) is 16.0 Å². The fraction of sp³-hybridized carbons (Fsp3) is 0.333. The molecule has 6 rings (SSSR count). The lowest BCUT2D eigenvalue weighted by Gasteiger charge is -2.28. The highest BCUT2D eigenvalue weighted by Gasteiger charge is 2.46. The molecule has 2 aliphatic rings. The third kappa shape index (κ3) is 2.76. The fourth-order valence-electron chi connectivity index (χ4n) is 4.70. The minimum absolute atomic E-state index is 0.0116. The molecule has 2 aliphatic heterocycles. The summed E-state index contributed by atoms with van der Waals surface area (Å²) in [5.41, 5.74) is 2.14. The van der Waals surface area contributed by atoms with Crippen LogP contribution >= 0.6 is 22.7 Å². The number of aromatic nitrogens is 2. The van der Waals surface area contributed by atoms with E-state index in [0.29, 0.717) is 22.9 Å². The van der Waals surface area contributed by atoms with Crippen molar-refractivity contribution in [2.24, 2.45) is 0 Å². The SMILES string of the molecule is Fc1cc2scnc2c(F)c1Nc1ccnc2sc([C@H]3CCN[C@]34CCOC4)cc12. The van der Waals surface area contributed by atoms with Crippen LogP contribution in [0, 0.1) is 11.6 Å². The molecule has 2 saturated heterocycles. The van der Waals surface area contributed by atoms with E-state index < -0.39 is 11.6 Å². The second kappa shape index (κ2) is 6.91. The quantitative estimate of drug-likeness (QED) is 0.457. The Hall–Kier alpha value is -2.20. The number of fused-ring (bicyclic) bond motifs is 2. The van der Waals surface area contributed by atoms with Crippen LogP contribution in [-0.4, -0.2) is 35.3 Å². The summed E-state index contributed by atoms with van der Waals surface area (Å²) in [5.74, 6) is -0.952. The third-order valence-electron chi connectivity index (χ3n) is 6.21. The maximum Gasteiger partial charge on any atom is 0.176 e. The lowest BCUT2D eigenvalue weighted by Crippen LogP contribution is -2.44. The van der Waals surface area contributed by atoms with E-state index in [1.807, 2.05) is 0 Å². The smallest absolute Gasteiger partial charge is 0.176 e. The lowest BCUT2D eigenvalue weighted by molar-refractivity contribution is 0.168. The summed E-state index contributed by atoms with van der Waals surface area (Å²) < 4.78 is 35.7. The highest BCUT2D eigenvalue weighted by Crippen LogP contribution is 2.46. The molecule has 0 aliphatic carbocycles. The Morgan fingerprint density at radius 1 is 1.27 bits per heavy atom. The molecule has 3 aromatic heterocycles. The van der Waals surface area contributed by atoms with Crippen molar-refractivity contribution in [2.45, 2.75) is 24.3 Å². The summed E-state index contributed by atoms with van der Waals surface area (Å²) in [5, 5.41) is 7.49. The number of nitrogens with one attached hydrogen (secondary N) is 2. The fourth-order valence-corrected chi connectivity index (χ4v) is 6.67. The molecule has 5 heterocycles. The van der Waals surface area contributed by atoms with E-state index in [4.69, 9.17) is 4.74 Å². The number of nitrogens with zero attached hydrogens (tertiary/aromatic N) is 2. The monoisotopic (exact) mass is 444 g/mol. The molecule has 2 fully saturated rings. The maximum absolute atomic E-state index is 14.9. The second-order valence-electron chi connectivity index (χ2n) is 7.82. The summed E-state index contributed by atoms with van der Waals surface area (Å²) in [6.07, 6.45) is 3.71. The molecule has 30 heavy (non-hydrogen) atoms. The first-order chi connectivity index (χ1) is 14.6. The van der Waals surface area contributed by atoms with E-state index in [0.717, 1.165) is 36.2 Å². The van der Waals surface area contributed by atoms with Gasteiger partial charge in [-0.05, 0) is 37.6 Å². The molecule has 0 bridgehead atoms. The van der Waals surface area contributed by atoms with Crippen LogP contribution in [0.5, 0.6) is 0 Å². The topological polar surface area (TPSA) is 59.1 Å². The van der Waals surface area contributed by atoms with Crippen molar-refractivity contribution in [2.75, 3.05) is 25.1 Å². The van der Waals surface area contributed by atoms with Crippen molar-refractivity contribution in [3.63, 3.8) is 0 Å². The highest BCUT2D eigenvalue weighted by molar-refractivity contribution is 7.18. The van der Waals surface area contributed by atoms with E-state index in [1.54, 1.807) is 23.6 Å². The number of halogens is 2. The Morgan fingerprint density at radius 3 is 3.07 bits per heavy atom. The molecule has 154 valence electrons. The van der Waals surface area contributed by atoms with Crippen LogP contribution in [0.2, 0.25) is 0 Å². The van der Waals surface area contributed by atoms with E-state index in [9.17, 15) is 8.78 Å². The minimum atomic E-state index is -0.672. The van der Waals surface area contributed by atoms with Gasteiger partial charge in [0, 0.05) is 29.0 Å². The van der Waals surface area contributed by atoms with Gasteiger partial charge in [-0.15, -0.1) is 22.7 Å². The number of hydrogen-bond donors (Lipinski definition) is 2. The van der Waals surface area contributed by atoms with E-state index in [-0.39, 0.29) is 16.7 Å². The van der Waals surface area contributed by atoms with Crippen LogP contribution in [0.4, 0.5) is 20.2 Å². The molecule has 0 amide bonds. The average Bonchev–Trinajstić information content (AvgIpc) is 3.52. The van der Waals surface area contributed by atoms with Gasteiger partial charge in [-0.2, -0.15) is 0 Å². The van der Waals surface area contributed by atoms with Crippen LogP contribution in [0.25, 0.3) is 20.4 Å². The Kier molecular flexibility index (Phi) is 4.28. The molecule has 9 heteroatoms. The first-order valence-corrected chi connectivity index (χ1v) is 11.5. The molecular weight excluding hydrogens is 426 g/mol. The van der Waals surface area contributed by atoms with Gasteiger partial charge in [0.15, 0.2) is 11.6 Å². The predicted molar refractivity (Wildman–Crippen MR) is 116 cm³/mol. The molecule has 2 atom stereocenters. The largest absolute Gasteiger partial charge is 0.379 e. The van der Waals surface area contributed by atoms with Crippen LogP contribution in [-0.2, 0) is 4.74 Å². The first kappa shape index (κ1) is 18.6. The molecular formula is C21H18F2N4OS2. The number of anilines is 2. The number of pyridine rings is 1. The van der Waals surface area contributed by atoms with Gasteiger partial charge < -0.3 is 15.4 Å². The summed E-state index contributed by atoms with van der Waals surface area (Å²) in [6, 6.07) is 5.19. The Labute approximate surface area is 179 Å². The van der Waals surface area contributed by atoms with Crippen molar-refractivity contribution in [1.82, 2.24) is 15.3 Å². The van der Waals surface area contributed by atoms with Gasteiger partial charge in [0.05, 0.1) is 28.0 Å². The normalized spacial score (nSPS) is 23.9. The Morgan fingerprint density at radius 2 is 2.20 bits per heavy atom. The number of ether oxygens (including phenoxy) is 1. The number of hydrogen-bond acceptors (Lipinski definition) is 7. The highest BCUT2D eigenvalue weighted by atomic mass is 32.1. The van der Waals surface area contributed by atoms with Gasteiger partial charge in [0.25, 0.3) is 0 Å². The Bertz CT molecular complexity index is 1260. The summed E-state index contributed by atoms with van der Waals surface area (Å²) in [4.78, 5) is 10.6. The van der Waals surface area contributed by atoms with Crippen molar-refractivity contribution < 1.29 is 13.5 Å². The molecule has 5 nitrogen and oxygen atoms in total. The first-order valence-electron chi connectivity index (χ1n) is 9.84. The molecule has 1 spiro atoms. The summed E-state index contributed by atoms with van der Waals surface area (Å²) >= 11 is 2.86. The molecule has 4 aromatic rings. The van der Waals surface area contributed by atoms with Gasteiger partial charge in [0.2, 0.25) is 0 Å². The van der Waals surface area contributed by atoms with Crippen molar-refractivity contribution in [3.05, 3.63) is 46.4 Å². The zero-order chi connectivity index (χ0) is 20.3. The second-order valence-corrected chi connectivity index (χ2v) is 9.77. The van der Waals surface area contributed by atoms with Gasteiger partial charge >= 0.3 is 0 Å². The number of thiazole rings is 1. The Balaban J connectivity index is 1.41. The van der Waals surface area contributed by atoms with Crippen molar-refractivity contribution in [3.8, 4) is 0 Å². The van der Waals surface area contributed by atoms with Crippen molar-refractivity contribution in [1.29, 1.82) is 0 Å². The maximum atomic E-state index is 14.9. The van der Waals surface area contributed by atoms with E-state index in [1.165, 1.54) is 27.8 Å². The average molecular weight is 445 g/mol. The standard InChI is InChI=1S/C21H18F2N4OS2/c22-13-8-16-19(25-10-29-16)17(23)18(13)27-14-2-4-24-20-11(14)7-15(30-20)12-1-5-26-21(12)3-6-28-9-21/h2,4,7-8,10,12,26H,1,3,5-6,9H2,(H,24,27)/t12-,21+/m1/s1. The summed E-state index contributed by atoms with van der Waals surface area (Å²) in [6.45, 7) is 2.45. The summed E-state index contributed by atoms with van der Waals surface area (Å²) in [7, 11) is 0. The van der Waals surface area contributed by atoms with Crippen LogP contribution in [0.15, 0.2) is 29.9 Å². The van der Waals surface area contributed by atoms with E-state index >= 15 is 0 Å². The van der Waals surface area contributed by atoms with Crippen LogP contribution in [0.3, 0.4) is 0 Å². The number of thiophene rings is 1. The van der Waals surface area contributed by atoms with Gasteiger partial charge in [-0.3, -0.25) is 0 Å². The van der Waals surface area contributed by atoms with Crippen LogP contribution < -0.4 is 10.6 Å². The molecule has 1 aromatic carbocycles. The minimum Gasteiger partial charge on any atom is -0.379 e. The molecule has 0 radical (unpaired) electrons. The zero-order valence-corrected chi connectivity index (χ0v) is 17.5. The van der Waals surface area contributed by atoms with Crippen LogP contribution in [0.1, 0.15) is 23.6 Å². The van der Waals surface area contributed by atoms with E-state index in [2.05, 4.69) is 26.7 Å². The number of benzene rings is 1. The molecule has 2 N–H and O–H groups in total. The van der Waals surface area contributed by atoms with Crippen molar-refractivity contribution >= 4 is 54.5 Å². The zero-order valence-electron chi connectivity index (χ0n) is 15.9. The molecule has 0 unspecified atom stereocenters. The van der Waals surface area contributed by atoms with Gasteiger partial charge in [-0.25, -0.2) is 18.7 Å². The third-order valence-corrected chi connectivity index (χ3v) is 8.14. The van der Waals surface area contributed by atoms with Gasteiger partial charge in [-0.1, -0.05) is 0 Å². The predicted octanol–water partition coefficient (Wildman–Crippen LogP) is 5.16.